The topological polar surface area (TPSA) is 102 Å². The number of methoxy groups -OCH3 is 4. The Balaban J connectivity index is -0.0000000168. The first-order valence-corrected chi connectivity index (χ1v) is 20.3. The van der Waals surface area contributed by atoms with Gasteiger partial charge in [-0.1, -0.05) is 59.4 Å². The van der Waals surface area contributed by atoms with Gasteiger partial charge in [-0.25, -0.2) is 119 Å². The zero-order valence-corrected chi connectivity index (χ0v) is 53.5. The number of hydrogen-bond donors (Lipinski definition) is 0. The Bertz CT molecular complexity index is 808. The maximum Gasteiger partial charge on any atom is 0.451 e. The van der Waals surface area contributed by atoms with Crippen molar-refractivity contribution >= 4 is 0 Å². The Morgan fingerprint density at radius 2 is 0.277 bits per heavy atom. The van der Waals surface area contributed by atoms with Crippen LogP contribution in [0.1, 0.15) is 59.4 Å². The fourth-order valence-electron chi connectivity index (χ4n) is 0.370. The lowest BCUT2D eigenvalue weighted by atomic mass is 10.3. The molecule has 0 aromatic carbocycles. The normalized spacial score (nSPS) is 8.20. The van der Waals surface area contributed by atoms with Crippen LogP contribution in [0.4, 0.5) is 247 Å². The van der Waals surface area contributed by atoms with Crippen molar-refractivity contribution in [3.05, 3.63) is 0 Å². The second kappa shape index (κ2) is 294. The molecule has 0 bridgehead atoms. The zero-order chi connectivity index (χ0) is 91.6. The molecule has 0 aromatic heterocycles. The van der Waals surface area contributed by atoms with E-state index in [1.807, 2.05) is 0 Å². The number of ether oxygens (including phenoxy) is 4. The van der Waals surface area contributed by atoms with Gasteiger partial charge in [0, 0.05) is 28.4 Å². The van der Waals surface area contributed by atoms with Gasteiger partial charge in [0.25, 0.3) is 0 Å². The smallest absolute Gasteiger partial charge is 0.354 e. The largest absolute Gasteiger partial charge is 0.451 e. The highest BCUT2D eigenvalue weighted by Gasteiger charge is 2.57. The van der Waals surface area contributed by atoms with Crippen LogP contribution in [0.5, 0.6) is 0 Å². The van der Waals surface area contributed by atoms with Gasteiger partial charge in [0.2, 0.25) is 89.7 Å². The van der Waals surface area contributed by atoms with Crippen LogP contribution in [0.15, 0.2) is 0 Å². The minimum Gasteiger partial charge on any atom is -0.354 e. The number of rotatable bonds is 12. The second-order valence-electron chi connectivity index (χ2n) is 7.89. The van der Waals surface area contributed by atoms with Crippen molar-refractivity contribution in [1.29, 1.82) is 0 Å². The van der Waals surface area contributed by atoms with E-state index < -0.39 is 180 Å². The molecule has 0 aliphatic carbocycles. The van der Waals surface area contributed by atoms with E-state index in [0.29, 0.717) is 50.2 Å². The van der Waals surface area contributed by atoms with Crippen LogP contribution in [0, 0.1) is 0 Å². The van der Waals surface area contributed by atoms with Crippen LogP contribution in [0.3, 0.4) is 0 Å². The molecule has 0 saturated carbocycles. The summed E-state index contributed by atoms with van der Waals surface area (Å²) >= 11 is 0. The predicted molar refractivity (Wildman–Crippen MR) is 306 cm³/mol. The van der Waals surface area contributed by atoms with Crippen molar-refractivity contribution in [1.82, 2.24) is 0 Å². The molecule has 112 heavy (non-hydrogen) atoms. The molecule has 0 aromatic rings. The van der Waals surface area contributed by atoms with E-state index in [9.17, 15) is 247 Å². The van der Waals surface area contributed by atoms with E-state index in [2.05, 4.69) is 53.5 Å². The summed E-state index contributed by atoms with van der Waals surface area (Å²) in [6.07, 6.45) is -23.7. The average Bonchev–Trinajstić information content (AvgIpc) is 0.840. The van der Waals surface area contributed by atoms with Crippen molar-refractivity contribution < 1.29 is 300 Å². The summed E-state index contributed by atoms with van der Waals surface area (Å²) in [5, 5.41) is 0. The highest BCUT2D eigenvalue weighted by atomic mass is 19.4. The maximum atomic E-state index is 12.0. The van der Waals surface area contributed by atoms with Gasteiger partial charge in [-0.3, -0.25) is 26.3 Å². The monoisotopic (exact) mass is 1880 g/mol. The Kier molecular flexibility index (Phi) is 609. The van der Waals surface area contributed by atoms with Crippen LogP contribution in [-0.2, 0) is 53.5 Å². The van der Waals surface area contributed by atoms with Crippen LogP contribution >= 0.6 is 0 Å². The summed E-state index contributed by atoms with van der Waals surface area (Å²) in [7, 11) is 7.37. The molecule has 0 fully saturated rings. The molecule has 1 atom stereocenters. The van der Waals surface area contributed by atoms with Gasteiger partial charge in [0.05, 0.1) is 43.1 Å². The first-order valence-electron chi connectivity index (χ1n) is 20.3. The number of hydrogen-bond acceptors (Lipinski definition) is 11. The quantitative estimate of drug-likeness (QED) is 0.175. The summed E-state index contributed by atoms with van der Waals surface area (Å²) in [5.41, 5.74) is 0. The maximum absolute atomic E-state index is 12.0. The summed E-state index contributed by atoms with van der Waals surface area (Å²) in [5.74, 6) is -4.15. The molecule has 0 radical (unpaired) electrons. The van der Waals surface area contributed by atoms with Crippen molar-refractivity contribution in [2.45, 2.75) is 96.1 Å². The Morgan fingerprint density at radius 1 is 0.188 bits per heavy atom. The molecule has 742 valence electrons. The molecule has 0 heterocycles. The molecule has 67 heteroatoms. The summed E-state index contributed by atoms with van der Waals surface area (Å²) in [6.45, 7) is -33.1. The Labute approximate surface area is 612 Å². The highest BCUT2D eigenvalue weighted by Crippen LogP contribution is 2.34. The predicted octanol–water partition coefficient (Wildman–Crippen LogP) is 29.2. The lowest BCUT2D eigenvalue weighted by Gasteiger charge is -2.22. The molecular weight excluding hydrogens is 1780 g/mol. The Hall–Kier alpha value is -4.36. The fourth-order valence-corrected chi connectivity index (χ4v) is 0.370. The van der Waals surface area contributed by atoms with Crippen LogP contribution in [-0.4, -0.2) is 252 Å². The van der Waals surface area contributed by atoms with Gasteiger partial charge in [0.15, 0.2) is 53.8 Å². The molecule has 0 spiro atoms. The lowest BCUT2D eigenvalue weighted by Crippen LogP contribution is -2.44. The van der Waals surface area contributed by atoms with Crippen molar-refractivity contribution in [2.75, 3.05) is 215 Å². The van der Waals surface area contributed by atoms with Crippen LogP contribution < -0.4 is 0 Å². The minimum atomic E-state index is -5.31. The van der Waals surface area contributed by atoms with Crippen molar-refractivity contribution in [2.24, 2.45) is 0 Å². The van der Waals surface area contributed by atoms with E-state index in [4.69, 9.17) is 0 Å². The highest BCUT2D eigenvalue weighted by molar-refractivity contribution is 4.75. The molecular formula is C45H104F56O11. The van der Waals surface area contributed by atoms with E-state index in [1.54, 1.807) is 0 Å². The minimum absolute atomic E-state index is 0. The summed E-state index contributed by atoms with van der Waals surface area (Å²) < 4.78 is 583. The molecule has 11 nitrogen and oxygen atoms in total. The molecule has 0 N–H and O–H groups in total. The third-order valence-corrected chi connectivity index (χ3v) is 2.19. The SMILES string of the molecule is C.C.C.C.C.C.C.C.CF.CF.CF.CF.CF.CF.COC(F)(CF)C(F)(F)F.COCF.COCF.COCF.FCC(F)(F)F.FCC(F)(F)F.FCF.FCF.FCF.FCF.FCF.FCF.FCF.FCF.FCOF.FCOF.FCOF.FCOF.FCOF.FOCC(F)(F)F.FOCC(F)(F)F. The first kappa shape index (κ1) is 232. The van der Waals surface area contributed by atoms with E-state index in [0.717, 1.165) is 0 Å². The van der Waals surface area contributed by atoms with E-state index >= 15 is 0 Å². The first-order chi connectivity index (χ1) is 48.2. The van der Waals surface area contributed by atoms with Gasteiger partial charge in [-0.05, 0) is 31.7 Å². The number of alkyl halides is 49. The second-order valence-corrected chi connectivity index (χ2v) is 7.89. The van der Waals surface area contributed by atoms with Crippen LogP contribution in [0.2, 0.25) is 0 Å². The Morgan fingerprint density at radius 3 is 0.277 bits per heavy atom. The molecule has 1 unspecified atom stereocenters. The van der Waals surface area contributed by atoms with E-state index in [1.165, 1.54) is 21.3 Å². The molecule has 0 saturated heterocycles. The van der Waals surface area contributed by atoms with Gasteiger partial charge in [0.1, 0.15) is 0 Å². The summed E-state index contributed by atoms with van der Waals surface area (Å²) in [6, 6.07) is 0. The van der Waals surface area contributed by atoms with Crippen molar-refractivity contribution in [3.63, 3.8) is 0 Å². The standard InChI is InChI=1S/C4H5F5O.2C2H2F4O.2C2H2F4.3C2H5FO.5CH2F2O.8CH2F2.6CH3F.8CH4/c1-10-3(6,2-5)4(7,8)9;2*3-2(4,5)1-7-6;2*3-1-2(4,5)6;3*1-4-2-3;5*2-1-4-3;8*2-1-3;6*1-2;;;;;;;;/h2H2,1H3;2*1H2;2*1H2;3*2H2,1H3;5*1H2;8*1H2;6*1H3;8*1H4. The summed E-state index contributed by atoms with van der Waals surface area (Å²) in [4.78, 5) is 16.4. The molecule has 0 aliphatic heterocycles. The average molecular weight is 1890 g/mol. The van der Waals surface area contributed by atoms with Gasteiger partial charge < -0.3 is 18.9 Å². The fraction of sp³-hybridized carbons (Fsp3) is 1.00. The molecule has 0 rings (SSSR count). The third-order valence-electron chi connectivity index (χ3n) is 2.19. The van der Waals surface area contributed by atoms with Gasteiger partial charge in [-0.15, -0.1) is 0 Å². The number of halogens is 56. The van der Waals surface area contributed by atoms with Gasteiger partial charge >= 0.3 is 36.7 Å². The van der Waals surface area contributed by atoms with Gasteiger partial charge in [-0.2, -0.15) is 105 Å². The molecule has 0 amide bonds. The van der Waals surface area contributed by atoms with E-state index in [-0.39, 0.29) is 59.4 Å². The molecule has 0 aliphatic rings. The third kappa shape index (κ3) is 1090. The lowest BCUT2D eigenvalue weighted by molar-refractivity contribution is -0.328. The van der Waals surface area contributed by atoms with Crippen molar-refractivity contribution in [3.8, 4) is 0 Å². The van der Waals surface area contributed by atoms with Crippen LogP contribution in [0.25, 0.3) is 0 Å². The zero-order valence-electron chi connectivity index (χ0n) is 53.5.